The summed E-state index contributed by atoms with van der Waals surface area (Å²) in [5.41, 5.74) is 8.76. The molecule has 0 radical (unpaired) electrons. The zero-order chi connectivity index (χ0) is 12.1. The van der Waals surface area contributed by atoms with Crippen LogP contribution in [-0.2, 0) is 0 Å². The molecule has 0 unspecified atom stereocenters. The highest BCUT2D eigenvalue weighted by Crippen LogP contribution is 2.08. The van der Waals surface area contributed by atoms with Gasteiger partial charge in [-0.3, -0.25) is 9.99 Å². The molecular weight excluding hydrogens is 234 g/mol. The van der Waals surface area contributed by atoms with Crippen molar-refractivity contribution in [1.29, 1.82) is 0 Å². The second-order valence-electron chi connectivity index (χ2n) is 3.23. The summed E-state index contributed by atoms with van der Waals surface area (Å²) >= 11 is 4.64. The van der Waals surface area contributed by atoms with Gasteiger partial charge in [0.1, 0.15) is 0 Å². The highest BCUT2D eigenvalue weighted by Gasteiger charge is 2.01. The first-order valence-electron chi connectivity index (χ1n) is 4.94. The second-order valence-corrected chi connectivity index (χ2v) is 3.67. The van der Waals surface area contributed by atoms with Crippen molar-refractivity contribution < 1.29 is 0 Å². The number of thiocarbonyl (C=S) groups is 1. The molecule has 5 nitrogen and oxygen atoms in total. The summed E-state index contributed by atoms with van der Waals surface area (Å²) in [5, 5.41) is 4.00. The number of nitrogens with one attached hydrogen (secondary N) is 1. The molecular formula is C11H11N5S. The number of hydrogen-bond acceptors (Lipinski definition) is 3. The number of nitrogens with zero attached hydrogens (tertiary/aromatic N) is 3. The van der Waals surface area contributed by atoms with E-state index in [1.165, 1.54) is 0 Å². The second kappa shape index (κ2) is 5.22. The van der Waals surface area contributed by atoms with Crippen LogP contribution < -0.4 is 11.2 Å². The molecule has 0 spiro atoms. The number of para-hydroxylation sites is 1. The lowest BCUT2D eigenvalue weighted by molar-refractivity contribution is 1.01. The van der Waals surface area contributed by atoms with Crippen molar-refractivity contribution in [2.75, 3.05) is 0 Å². The molecule has 0 saturated heterocycles. The normalized spacial score (nSPS) is 10.6. The van der Waals surface area contributed by atoms with Gasteiger partial charge in [0, 0.05) is 18.1 Å². The van der Waals surface area contributed by atoms with E-state index in [1.807, 2.05) is 41.1 Å². The van der Waals surface area contributed by atoms with E-state index >= 15 is 0 Å². The van der Waals surface area contributed by atoms with Crippen LogP contribution in [0, 0.1) is 0 Å². The quantitative estimate of drug-likeness (QED) is 0.481. The molecule has 1 aromatic heterocycles. The fraction of sp³-hybridized carbons (Fsp3) is 0. The summed E-state index contributed by atoms with van der Waals surface area (Å²) in [6.45, 7) is 0. The Morgan fingerprint density at radius 3 is 2.88 bits per heavy atom. The number of imidazole rings is 1. The molecule has 17 heavy (non-hydrogen) atoms. The van der Waals surface area contributed by atoms with Crippen molar-refractivity contribution in [2.45, 2.75) is 0 Å². The van der Waals surface area contributed by atoms with Gasteiger partial charge in [-0.05, 0) is 24.4 Å². The third kappa shape index (κ3) is 2.88. The van der Waals surface area contributed by atoms with E-state index in [4.69, 9.17) is 5.73 Å². The molecule has 86 valence electrons. The number of aromatic nitrogens is 2. The summed E-state index contributed by atoms with van der Waals surface area (Å²) in [6, 6.07) is 9.86. The molecule has 0 fully saturated rings. The van der Waals surface area contributed by atoms with Crippen LogP contribution in [0.25, 0.3) is 5.69 Å². The van der Waals surface area contributed by atoms with E-state index < -0.39 is 0 Å². The Morgan fingerprint density at radius 1 is 1.41 bits per heavy atom. The van der Waals surface area contributed by atoms with Crippen molar-refractivity contribution >= 4 is 23.5 Å². The van der Waals surface area contributed by atoms with Gasteiger partial charge in [0.15, 0.2) is 10.9 Å². The maximum atomic E-state index is 5.26. The van der Waals surface area contributed by atoms with Gasteiger partial charge < -0.3 is 5.73 Å². The van der Waals surface area contributed by atoms with Crippen LogP contribution in [0.1, 0.15) is 5.82 Å². The van der Waals surface area contributed by atoms with Gasteiger partial charge in [-0.1, -0.05) is 18.2 Å². The third-order valence-electron chi connectivity index (χ3n) is 2.06. The van der Waals surface area contributed by atoms with Gasteiger partial charge in [-0.2, -0.15) is 5.10 Å². The molecule has 3 N–H and O–H groups in total. The number of hydrogen-bond donors (Lipinski definition) is 2. The average molecular weight is 245 g/mol. The first-order chi connectivity index (χ1) is 8.27. The Morgan fingerprint density at radius 2 is 2.18 bits per heavy atom. The van der Waals surface area contributed by atoms with Crippen molar-refractivity contribution in [3.8, 4) is 5.69 Å². The monoisotopic (exact) mass is 245 g/mol. The van der Waals surface area contributed by atoms with Gasteiger partial charge >= 0.3 is 0 Å². The van der Waals surface area contributed by atoms with Crippen LogP contribution in [0.15, 0.2) is 47.8 Å². The van der Waals surface area contributed by atoms with Gasteiger partial charge in [-0.15, -0.1) is 0 Å². The zero-order valence-corrected chi connectivity index (χ0v) is 9.76. The lowest BCUT2D eigenvalue weighted by Gasteiger charge is -2.03. The molecule has 0 aliphatic heterocycles. The fourth-order valence-corrected chi connectivity index (χ4v) is 1.42. The van der Waals surface area contributed by atoms with Crippen LogP contribution in [0.3, 0.4) is 0 Å². The van der Waals surface area contributed by atoms with E-state index in [9.17, 15) is 0 Å². The van der Waals surface area contributed by atoms with Crippen molar-refractivity contribution in [3.05, 3.63) is 48.5 Å². The molecule has 0 atom stereocenters. The molecule has 0 saturated carbocycles. The lowest BCUT2D eigenvalue weighted by atomic mass is 10.3. The van der Waals surface area contributed by atoms with Crippen LogP contribution >= 0.6 is 12.2 Å². The Kier molecular flexibility index (Phi) is 3.46. The number of benzene rings is 1. The van der Waals surface area contributed by atoms with E-state index in [0.29, 0.717) is 5.82 Å². The topological polar surface area (TPSA) is 68.2 Å². The van der Waals surface area contributed by atoms with Crippen molar-refractivity contribution in [2.24, 2.45) is 10.8 Å². The zero-order valence-electron chi connectivity index (χ0n) is 8.95. The van der Waals surface area contributed by atoms with E-state index in [1.54, 1.807) is 12.4 Å². The Hall–Kier alpha value is -2.21. The highest BCUT2D eigenvalue weighted by molar-refractivity contribution is 7.80. The Bertz CT molecular complexity index is 532. The van der Waals surface area contributed by atoms with Crippen LogP contribution in [-0.4, -0.2) is 20.9 Å². The SMILES string of the molecule is NC(=S)N/N=C/c1nccn1-c1ccccc1. The molecule has 6 heteroatoms. The van der Waals surface area contributed by atoms with Gasteiger partial charge in [0.2, 0.25) is 0 Å². The molecule has 0 bridgehead atoms. The third-order valence-corrected chi connectivity index (χ3v) is 2.15. The summed E-state index contributed by atoms with van der Waals surface area (Å²) in [4.78, 5) is 4.18. The Balaban J connectivity index is 2.23. The summed E-state index contributed by atoms with van der Waals surface area (Å²) in [6.07, 6.45) is 5.12. The number of hydrazone groups is 1. The molecule has 1 aromatic carbocycles. The largest absolute Gasteiger partial charge is 0.375 e. The van der Waals surface area contributed by atoms with Crippen LogP contribution in [0.4, 0.5) is 0 Å². The van der Waals surface area contributed by atoms with Crippen LogP contribution in [0.5, 0.6) is 0 Å². The first-order valence-corrected chi connectivity index (χ1v) is 5.35. The predicted octanol–water partition coefficient (Wildman–Crippen LogP) is 1.04. The van der Waals surface area contributed by atoms with Gasteiger partial charge in [0.25, 0.3) is 0 Å². The van der Waals surface area contributed by atoms with Gasteiger partial charge in [0.05, 0.1) is 6.21 Å². The smallest absolute Gasteiger partial charge is 0.184 e. The highest BCUT2D eigenvalue weighted by atomic mass is 32.1. The molecule has 0 amide bonds. The van der Waals surface area contributed by atoms with Crippen LogP contribution in [0.2, 0.25) is 0 Å². The van der Waals surface area contributed by atoms with Crippen molar-refractivity contribution in [1.82, 2.24) is 15.0 Å². The summed E-state index contributed by atoms with van der Waals surface area (Å²) in [7, 11) is 0. The van der Waals surface area contributed by atoms with E-state index in [2.05, 4.69) is 27.7 Å². The fourth-order valence-electron chi connectivity index (χ4n) is 1.37. The lowest BCUT2D eigenvalue weighted by Crippen LogP contribution is -2.24. The van der Waals surface area contributed by atoms with Crippen molar-refractivity contribution in [3.63, 3.8) is 0 Å². The molecule has 0 aliphatic carbocycles. The Labute approximate surface area is 104 Å². The molecule has 1 heterocycles. The minimum Gasteiger partial charge on any atom is -0.375 e. The maximum absolute atomic E-state index is 5.26. The average Bonchev–Trinajstić information content (AvgIpc) is 2.78. The molecule has 2 rings (SSSR count). The van der Waals surface area contributed by atoms with Gasteiger partial charge in [-0.25, -0.2) is 4.98 Å². The molecule has 2 aromatic rings. The minimum atomic E-state index is 0.124. The number of nitrogens with two attached hydrogens (primary N) is 1. The van der Waals surface area contributed by atoms with E-state index in [-0.39, 0.29) is 5.11 Å². The predicted molar refractivity (Wildman–Crippen MR) is 71.1 cm³/mol. The number of rotatable bonds is 3. The maximum Gasteiger partial charge on any atom is 0.184 e. The van der Waals surface area contributed by atoms with E-state index in [0.717, 1.165) is 5.69 Å². The standard InChI is InChI=1S/C11H11N5S/c12-11(17)15-14-8-10-13-6-7-16(10)9-4-2-1-3-5-9/h1-8H,(H3,12,15,17)/b14-8+. The summed E-state index contributed by atoms with van der Waals surface area (Å²) < 4.78 is 1.91. The molecule has 0 aliphatic rings. The summed E-state index contributed by atoms with van der Waals surface area (Å²) in [5.74, 6) is 0.694. The first kappa shape index (κ1) is 11.3. The minimum absolute atomic E-state index is 0.124.